The number of carboxylic acid groups (broad SMARTS) is 4. The third kappa shape index (κ3) is 26.0. The van der Waals surface area contributed by atoms with E-state index in [9.17, 15) is 28.8 Å². The highest BCUT2D eigenvalue weighted by atomic mass is 35.5. The van der Waals surface area contributed by atoms with Gasteiger partial charge in [-0.2, -0.15) is 0 Å². The van der Waals surface area contributed by atoms with E-state index in [1.165, 1.54) is 54.6 Å². The normalized spacial score (nSPS) is 10.9. The zero-order chi connectivity index (χ0) is 97.7. The summed E-state index contributed by atoms with van der Waals surface area (Å²) in [5.41, 5.74) is 13.1. The summed E-state index contributed by atoms with van der Waals surface area (Å²) in [6, 6.07) is 74.9. The van der Waals surface area contributed by atoms with Crippen molar-refractivity contribution in [2.75, 3.05) is 10.6 Å². The Morgan fingerprint density at radius 2 is 0.737 bits per heavy atom. The lowest BCUT2D eigenvalue weighted by Crippen LogP contribution is -2.13. The van der Waals surface area contributed by atoms with E-state index in [1.807, 2.05) is 99.6 Å². The Bertz CT molecular complexity index is 7040. The fourth-order valence-electron chi connectivity index (χ4n) is 13.9. The number of aryl methyl sites for hydroxylation is 3. The van der Waals surface area contributed by atoms with Gasteiger partial charge in [-0.3, -0.25) is 9.59 Å². The van der Waals surface area contributed by atoms with Crippen LogP contribution in [-0.4, -0.2) is 76.7 Å². The van der Waals surface area contributed by atoms with Gasteiger partial charge in [-0.15, -0.1) is 0 Å². The van der Waals surface area contributed by atoms with Gasteiger partial charge in [0.05, 0.1) is 84.8 Å². The molecule has 696 valence electrons. The van der Waals surface area contributed by atoms with Crippen molar-refractivity contribution in [1.82, 2.24) is 20.6 Å². The first-order chi connectivity index (χ1) is 65.8. The van der Waals surface area contributed by atoms with Crippen molar-refractivity contribution < 1.29 is 86.2 Å². The second-order valence-corrected chi connectivity index (χ2v) is 34.3. The van der Waals surface area contributed by atoms with E-state index in [0.29, 0.717) is 144 Å². The van der Waals surface area contributed by atoms with Crippen LogP contribution in [0.1, 0.15) is 164 Å². The van der Waals surface area contributed by atoms with Gasteiger partial charge in [0.25, 0.3) is 11.8 Å². The molecule has 4 aromatic heterocycles. The molecule has 6 N–H and O–H groups in total. The Morgan fingerprint density at radius 1 is 0.343 bits per heavy atom. The minimum absolute atomic E-state index is 0.0244. The Labute approximate surface area is 825 Å². The molecule has 0 unspecified atom stereocenters. The molecule has 0 atom stereocenters. The largest absolute Gasteiger partial charge is 0.489 e. The summed E-state index contributed by atoms with van der Waals surface area (Å²) in [5.74, 6) is 0.835. The third-order valence-corrected chi connectivity index (χ3v) is 23.5. The fourth-order valence-corrected chi connectivity index (χ4v) is 16.1. The summed E-state index contributed by atoms with van der Waals surface area (Å²) >= 11 is 51.2. The van der Waals surface area contributed by atoms with Crippen molar-refractivity contribution in [2.24, 2.45) is 0 Å². The summed E-state index contributed by atoms with van der Waals surface area (Å²) in [5, 5.41) is 62.3. The van der Waals surface area contributed by atoms with E-state index in [1.54, 1.807) is 153 Å². The lowest BCUT2D eigenvalue weighted by molar-refractivity contribution is 0.0686. The topological polar surface area (TPSA) is 348 Å². The van der Waals surface area contributed by atoms with Crippen molar-refractivity contribution >= 4 is 152 Å². The van der Waals surface area contributed by atoms with Crippen LogP contribution in [0.5, 0.6) is 28.7 Å². The molecule has 0 saturated heterocycles. The predicted molar refractivity (Wildman–Crippen MR) is 530 cm³/mol. The SMILES string of the molecule is CC(C)c1onc(-c2c(Cl)cccc2Cl)c1CCc1ccc(Oc2ccc(C(=O)O)cc2)cc1.CC(C)c1onc(-c2c(Cl)cccc2Cl)c1COc1ccc(/C=C/c2cccc(C(=O)O)c2)c(Cl)c1.Cc1onc(-c2c(Cl)cccc2Cl)c1COc1ccc(NC(=O)c2cccc(C(=O)O)c2)cc1.Cc1onc(-c2ccccc2)c1COc1ccc(NC(=O)c2cccc(C(=O)O)c2)c(Cl)c1. The molecule has 0 saturated carbocycles. The molecular formula is C105H82Cl8N6O18. The summed E-state index contributed by atoms with van der Waals surface area (Å²) in [7, 11) is 0. The van der Waals surface area contributed by atoms with Gasteiger partial charge in [-0.05, 0) is 219 Å². The van der Waals surface area contributed by atoms with Gasteiger partial charge in [-0.1, -0.05) is 238 Å². The number of benzene rings is 12. The number of halogens is 8. The van der Waals surface area contributed by atoms with E-state index in [4.69, 9.17) is 150 Å². The zero-order valence-electron chi connectivity index (χ0n) is 73.6. The molecule has 0 radical (unpaired) electrons. The van der Waals surface area contributed by atoms with E-state index < -0.39 is 35.7 Å². The number of aromatic carboxylic acids is 4. The van der Waals surface area contributed by atoms with Crippen molar-refractivity contribution in [1.29, 1.82) is 0 Å². The monoisotopic (exact) mass is 1990 g/mol. The van der Waals surface area contributed by atoms with Crippen molar-refractivity contribution in [2.45, 2.75) is 86.0 Å². The number of carbonyl (C=O) groups excluding carboxylic acids is 2. The number of hydrogen-bond donors (Lipinski definition) is 6. The van der Waals surface area contributed by atoms with Crippen LogP contribution in [0, 0.1) is 13.8 Å². The molecule has 137 heavy (non-hydrogen) atoms. The molecule has 2 amide bonds. The number of carboxylic acids is 4. The maximum absolute atomic E-state index is 12.5. The zero-order valence-corrected chi connectivity index (χ0v) is 79.6. The predicted octanol–water partition coefficient (Wildman–Crippen LogP) is 29.2. The molecule has 0 aliphatic heterocycles. The molecule has 0 aliphatic rings. The number of rotatable bonds is 30. The first-order valence-corrected chi connectivity index (χ1v) is 45.1. The molecule has 24 nitrogen and oxygen atoms in total. The number of amides is 2. The second kappa shape index (κ2) is 46.7. The molecule has 12 aromatic carbocycles. The molecular weight excluding hydrogens is 1920 g/mol. The highest BCUT2D eigenvalue weighted by Crippen LogP contribution is 2.43. The average molecular weight is 2000 g/mol. The molecule has 32 heteroatoms. The fraction of sp³-hybridized carbons (Fsp3) is 0.124. The number of nitrogens with one attached hydrogen (secondary N) is 2. The molecule has 0 spiro atoms. The van der Waals surface area contributed by atoms with Crippen LogP contribution in [0.25, 0.3) is 57.2 Å². The van der Waals surface area contributed by atoms with Crippen molar-refractivity contribution in [3.8, 4) is 73.8 Å². The molecule has 0 bridgehead atoms. The van der Waals surface area contributed by atoms with Gasteiger partial charge >= 0.3 is 23.9 Å². The van der Waals surface area contributed by atoms with E-state index in [-0.39, 0.29) is 70.1 Å². The first-order valence-electron chi connectivity index (χ1n) is 42.1. The molecule has 4 heterocycles. The van der Waals surface area contributed by atoms with Crippen LogP contribution in [-0.2, 0) is 32.7 Å². The summed E-state index contributed by atoms with van der Waals surface area (Å²) in [6.07, 6.45) is 5.11. The van der Waals surface area contributed by atoms with Crippen LogP contribution in [0.4, 0.5) is 11.4 Å². The van der Waals surface area contributed by atoms with Crippen LogP contribution in [0.2, 0.25) is 40.2 Å². The van der Waals surface area contributed by atoms with Gasteiger partial charge in [0, 0.05) is 62.5 Å². The van der Waals surface area contributed by atoms with Gasteiger partial charge < -0.3 is 68.1 Å². The minimum atomic E-state index is -1.11. The number of anilines is 2. The summed E-state index contributed by atoms with van der Waals surface area (Å²) < 4.78 is 45.7. The van der Waals surface area contributed by atoms with Gasteiger partial charge in [0.2, 0.25) is 0 Å². The van der Waals surface area contributed by atoms with Crippen molar-refractivity contribution in [3.05, 3.63) is 402 Å². The Hall–Kier alpha value is -14.4. The summed E-state index contributed by atoms with van der Waals surface area (Å²) in [6.45, 7) is 12.3. The highest BCUT2D eigenvalue weighted by Gasteiger charge is 2.28. The highest BCUT2D eigenvalue weighted by molar-refractivity contribution is 6.41. The lowest BCUT2D eigenvalue weighted by Gasteiger charge is -2.11. The third-order valence-electron chi connectivity index (χ3n) is 21.0. The lowest BCUT2D eigenvalue weighted by atomic mass is 9.95. The molecule has 0 fully saturated rings. The van der Waals surface area contributed by atoms with Crippen LogP contribution >= 0.6 is 92.8 Å². The maximum Gasteiger partial charge on any atom is 0.335 e. The van der Waals surface area contributed by atoms with E-state index in [2.05, 4.69) is 45.1 Å². The summed E-state index contributed by atoms with van der Waals surface area (Å²) in [4.78, 5) is 69.3. The molecule has 16 aromatic rings. The van der Waals surface area contributed by atoms with Gasteiger partial charge in [0.15, 0.2) is 0 Å². The standard InChI is InChI=1S/C28H22Cl3NO4.C27H23Cl2NO4.C25H18Cl2N2O5.C25H19ClN2O5/c1-16(2)27-21(26(32-36-27)25-22(29)7-4-8-23(25)30)15-35-20-12-11-18(24(31)14-20)10-9-17-5-3-6-19(13-17)28(33)34;1-16(2)26-21(25(30-34-26)24-22(28)4-3-5-23(24)29)15-8-17-6-11-19(12-7-17)33-20-13-9-18(10-14-20)27(31)32;1-14-19(23(29-34-14)22-20(26)6-3-7-21(22)27)13-33-18-10-8-17(9-11-18)28-24(30)15-4-2-5-16(12-15)25(31)32;1-15-20(23(28-33-15)16-6-3-2-4-7-16)14-32-19-10-11-22(21(26)13-19)27-24(29)17-8-5-9-18(12-17)25(30)31/h3-14,16H,15H2,1-2H3,(H,33,34);3-7,9-14,16H,8,15H2,1-2H3,(H,31,32);2-12H,13H2,1H3,(H,28,30)(H,31,32);2-13H,14H2,1H3,(H,27,29)(H,30,31)/b10-9+;;;. The van der Waals surface area contributed by atoms with Crippen LogP contribution in [0.3, 0.4) is 0 Å². The number of carbonyl (C=O) groups is 6. The number of hydrogen-bond acceptors (Lipinski definition) is 18. The molecule has 0 aliphatic carbocycles. The van der Waals surface area contributed by atoms with Gasteiger partial charge in [-0.25, -0.2) is 19.2 Å². The van der Waals surface area contributed by atoms with Crippen LogP contribution < -0.4 is 29.6 Å². The minimum Gasteiger partial charge on any atom is -0.489 e. The Balaban J connectivity index is 0.000000154. The molecule has 16 rings (SSSR count). The Kier molecular flexibility index (Phi) is 34.1. The van der Waals surface area contributed by atoms with Gasteiger partial charge in [0.1, 0.15) is 94.4 Å². The number of nitrogens with zero attached hydrogens (tertiary/aromatic N) is 4. The smallest absolute Gasteiger partial charge is 0.335 e. The van der Waals surface area contributed by atoms with E-state index in [0.717, 1.165) is 51.1 Å². The quantitative estimate of drug-likeness (QED) is 0.0228. The first kappa shape index (κ1) is 100. The van der Waals surface area contributed by atoms with E-state index >= 15 is 0 Å². The van der Waals surface area contributed by atoms with Crippen molar-refractivity contribution in [3.63, 3.8) is 0 Å². The number of ether oxygens (including phenoxy) is 4. The maximum atomic E-state index is 12.5. The second-order valence-electron chi connectivity index (χ2n) is 31.1. The van der Waals surface area contributed by atoms with Crippen LogP contribution in [0.15, 0.2) is 285 Å². The Morgan fingerprint density at radius 3 is 1.23 bits per heavy atom. The number of aromatic nitrogens is 4. The average Bonchev–Trinajstić information content (AvgIpc) is 1.63.